The molecule has 0 saturated heterocycles. The topological polar surface area (TPSA) is 32.8 Å². The minimum absolute atomic E-state index is 0.834. The molecule has 0 fully saturated rings. The van der Waals surface area contributed by atoms with Crippen LogP contribution in [0.1, 0.15) is 0 Å². The van der Waals surface area contributed by atoms with E-state index in [0.29, 0.717) is 0 Å². The van der Waals surface area contributed by atoms with Gasteiger partial charge < -0.3 is 18.6 Å². The maximum atomic E-state index is 6.63. The Balaban J connectivity index is 1.11. The number of fused-ring (bicyclic) bond motifs is 7. The second kappa shape index (κ2) is 18.1. The molecular weight excluding hydrogens is 901 g/mol. The van der Waals surface area contributed by atoms with Crippen molar-refractivity contribution in [3.63, 3.8) is 0 Å². The lowest BCUT2D eigenvalue weighted by molar-refractivity contribution is 0.668. The molecule has 0 amide bonds. The minimum Gasteiger partial charge on any atom is -0.456 e. The third kappa shape index (κ3) is 7.31. The molecule has 0 atom stereocenters. The lowest BCUT2D eigenvalue weighted by Gasteiger charge is -2.32. The maximum Gasteiger partial charge on any atom is 0.137 e. The molecule has 348 valence electrons. The van der Waals surface area contributed by atoms with E-state index in [0.717, 1.165) is 133 Å². The lowest BCUT2D eigenvalue weighted by Crippen LogP contribution is -2.14. The van der Waals surface area contributed by atoms with Gasteiger partial charge in [0.2, 0.25) is 0 Å². The molecule has 0 bridgehead atoms. The molecule has 12 aromatic carbocycles. The highest BCUT2D eigenvalue weighted by molar-refractivity contribution is 6.17. The van der Waals surface area contributed by atoms with Gasteiger partial charge in [-0.2, -0.15) is 0 Å². The van der Waals surface area contributed by atoms with Crippen molar-refractivity contribution in [1.29, 1.82) is 0 Å². The number of hydrogen-bond donors (Lipinski definition) is 0. The van der Waals surface area contributed by atoms with Crippen LogP contribution in [0.15, 0.2) is 288 Å². The SMILES string of the molecule is c1ccc(-c2ccccc2N(c2cc3cc(-c4ccccc4)c(N(c4ccccc4-c4ccccc4)c4cccc5oc6ccccc6c45)cc3cc2-c2ccccc2)c2cccc3oc4ccccc4c23)cc1. The van der Waals surface area contributed by atoms with E-state index in [-0.39, 0.29) is 0 Å². The van der Waals surface area contributed by atoms with Gasteiger partial charge in [0.05, 0.1) is 44.9 Å². The van der Waals surface area contributed by atoms with Gasteiger partial charge in [-0.05, 0) is 106 Å². The Hall–Kier alpha value is -9.90. The van der Waals surface area contributed by atoms with E-state index in [1.807, 2.05) is 12.1 Å². The van der Waals surface area contributed by atoms with E-state index in [1.54, 1.807) is 0 Å². The van der Waals surface area contributed by atoms with Crippen LogP contribution in [0.4, 0.5) is 34.1 Å². The number of anilines is 6. The van der Waals surface area contributed by atoms with Crippen molar-refractivity contribution < 1.29 is 8.83 Å². The highest BCUT2D eigenvalue weighted by Crippen LogP contribution is 2.53. The zero-order chi connectivity index (χ0) is 49.0. The Morgan fingerprint density at radius 1 is 0.216 bits per heavy atom. The van der Waals surface area contributed by atoms with Gasteiger partial charge >= 0.3 is 0 Å². The van der Waals surface area contributed by atoms with Gasteiger partial charge in [-0.25, -0.2) is 0 Å². The lowest BCUT2D eigenvalue weighted by atomic mass is 9.92. The van der Waals surface area contributed by atoms with E-state index >= 15 is 0 Å². The molecule has 0 aliphatic carbocycles. The predicted molar refractivity (Wildman–Crippen MR) is 310 cm³/mol. The summed E-state index contributed by atoms with van der Waals surface area (Å²) in [5, 5.41) is 6.43. The highest BCUT2D eigenvalue weighted by Gasteiger charge is 2.28. The van der Waals surface area contributed by atoms with Crippen LogP contribution in [0, 0.1) is 0 Å². The van der Waals surface area contributed by atoms with Gasteiger partial charge in [0.1, 0.15) is 22.3 Å². The molecule has 0 N–H and O–H groups in total. The van der Waals surface area contributed by atoms with Crippen LogP contribution in [0.25, 0.3) is 99.2 Å². The fourth-order valence-corrected chi connectivity index (χ4v) is 11.1. The van der Waals surface area contributed by atoms with E-state index in [4.69, 9.17) is 8.83 Å². The molecule has 0 aliphatic rings. The number of rotatable bonds is 10. The van der Waals surface area contributed by atoms with Gasteiger partial charge in [-0.15, -0.1) is 0 Å². The fraction of sp³-hybridized carbons (Fsp3) is 0. The van der Waals surface area contributed by atoms with Crippen molar-refractivity contribution in [3.05, 3.63) is 279 Å². The summed E-state index contributed by atoms with van der Waals surface area (Å²) in [6.07, 6.45) is 0. The smallest absolute Gasteiger partial charge is 0.137 e. The quantitative estimate of drug-likeness (QED) is 0.137. The van der Waals surface area contributed by atoms with Crippen molar-refractivity contribution >= 4 is 88.8 Å². The summed E-state index contributed by atoms with van der Waals surface area (Å²) < 4.78 is 13.3. The highest BCUT2D eigenvalue weighted by atomic mass is 16.3. The summed E-state index contributed by atoms with van der Waals surface area (Å²) in [5.74, 6) is 0. The summed E-state index contributed by atoms with van der Waals surface area (Å²) in [6.45, 7) is 0. The first kappa shape index (κ1) is 42.9. The molecule has 0 radical (unpaired) electrons. The van der Waals surface area contributed by atoms with Gasteiger partial charge in [0.25, 0.3) is 0 Å². The van der Waals surface area contributed by atoms with Crippen molar-refractivity contribution in [3.8, 4) is 44.5 Å². The molecule has 4 heteroatoms. The van der Waals surface area contributed by atoms with Crippen LogP contribution in [0.3, 0.4) is 0 Å². The Morgan fingerprint density at radius 2 is 0.527 bits per heavy atom. The Bertz CT molecular complexity index is 4090. The third-order valence-corrected chi connectivity index (χ3v) is 14.4. The van der Waals surface area contributed by atoms with Crippen molar-refractivity contribution in [2.24, 2.45) is 0 Å². The average molecular weight is 947 g/mol. The Labute approximate surface area is 428 Å². The van der Waals surface area contributed by atoms with Crippen LogP contribution in [-0.2, 0) is 0 Å². The van der Waals surface area contributed by atoms with Gasteiger partial charge in [-0.3, -0.25) is 0 Å². The zero-order valence-electron chi connectivity index (χ0n) is 40.3. The Kier molecular flexibility index (Phi) is 10.5. The van der Waals surface area contributed by atoms with Crippen LogP contribution in [-0.4, -0.2) is 0 Å². The normalized spacial score (nSPS) is 11.5. The standard InChI is InChI=1S/C70H46N2O2/c1-5-23-47(24-6-1)53-31-13-17-35-59(53)71(61-37-21-41-67-69(61)55-33-15-19-39-65(55)73-67)63-45-51-44-58(50-29-11-4-12-30-50)64(46-52(51)43-57(63)49-27-9-3-10-28-49)72(60-36-18-14-32-54(60)48-25-7-2-8-26-48)62-38-22-42-68-70(62)56-34-16-20-40-66(56)74-68/h1-46H. The molecule has 14 aromatic rings. The van der Waals surface area contributed by atoms with E-state index in [9.17, 15) is 0 Å². The molecular formula is C70H46N2O2. The number of para-hydroxylation sites is 4. The third-order valence-electron chi connectivity index (χ3n) is 14.4. The summed E-state index contributed by atoms with van der Waals surface area (Å²) in [4.78, 5) is 4.94. The van der Waals surface area contributed by atoms with Crippen LogP contribution < -0.4 is 9.80 Å². The van der Waals surface area contributed by atoms with Crippen molar-refractivity contribution in [2.45, 2.75) is 0 Å². The number of benzene rings is 12. The van der Waals surface area contributed by atoms with Gasteiger partial charge in [0, 0.05) is 33.0 Å². The van der Waals surface area contributed by atoms with Crippen molar-refractivity contribution in [1.82, 2.24) is 0 Å². The zero-order valence-corrected chi connectivity index (χ0v) is 40.3. The summed E-state index contributed by atoms with van der Waals surface area (Å²) >= 11 is 0. The van der Waals surface area contributed by atoms with Crippen molar-refractivity contribution in [2.75, 3.05) is 9.80 Å². The van der Waals surface area contributed by atoms with E-state index < -0.39 is 0 Å². The number of furan rings is 2. The molecule has 0 spiro atoms. The van der Waals surface area contributed by atoms with Crippen LogP contribution in [0.5, 0.6) is 0 Å². The summed E-state index contributed by atoms with van der Waals surface area (Å²) in [6, 6.07) is 99.9. The molecule has 2 aromatic heterocycles. The van der Waals surface area contributed by atoms with Gasteiger partial charge in [-0.1, -0.05) is 206 Å². The first-order valence-electron chi connectivity index (χ1n) is 25.2. The first-order valence-corrected chi connectivity index (χ1v) is 25.2. The molecule has 0 saturated carbocycles. The Morgan fingerprint density at radius 3 is 0.932 bits per heavy atom. The second-order valence-corrected chi connectivity index (χ2v) is 18.8. The fourth-order valence-electron chi connectivity index (χ4n) is 11.1. The second-order valence-electron chi connectivity index (χ2n) is 18.8. The van der Waals surface area contributed by atoms with E-state index in [2.05, 4.69) is 277 Å². The molecule has 14 rings (SSSR count). The summed E-state index contributed by atoms with van der Waals surface area (Å²) in [5.41, 5.74) is 18.5. The number of hydrogen-bond acceptors (Lipinski definition) is 4. The molecule has 0 aliphatic heterocycles. The van der Waals surface area contributed by atoms with Crippen LogP contribution >= 0.6 is 0 Å². The predicted octanol–water partition coefficient (Wildman–Crippen LogP) is 20.2. The minimum atomic E-state index is 0.834. The first-order chi connectivity index (χ1) is 36.7. The average Bonchev–Trinajstić information content (AvgIpc) is 4.08. The molecule has 0 unspecified atom stereocenters. The molecule has 74 heavy (non-hydrogen) atoms. The van der Waals surface area contributed by atoms with E-state index in [1.165, 1.54) is 0 Å². The van der Waals surface area contributed by atoms with Crippen LogP contribution in [0.2, 0.25) is 0 Å². The maximum absolute atomic E-state index is 6.63. The monoisotopic (exact) mass is 946 g/mol. The van der Waals surface area contributed by atoms with Gasteiger partial charge in [0.15, 0.2) is 0 Å². The number of nitrogens with zero attached hydrogens (tertiary/aromatic N) is 2. The summed E-state index contributed by atoms with van der Waals surface area (Å²) in [7, 11) is 0. The molecule has 2 heterocycles. The molecule has 4 nitrogen and oxygen atoms in total. The largest absolute Gasteiger partial charge is 0.456 e.